The summed E-state index contributed by atoms with van der Waals surface area (Å²) in [5.74, 6) is 1.38. The second-order valence-corrected chi connectivity index (χ2v) is 7.93. The first kappa shape index (κ1) is 20.2. The molecule has 7 nitrogen and oxygen atoms in total. The van der Waals surface area contributed by atoms with E-state index in [-0.39, 0.29) is 23.4 Å². The van der Waals surface area contributed by atoms with E-state index in [0.717, 1.165) is 16.8 Å². The first-order valence-electron chi connectivity index (χ1n) is 10.6. The maximum Gasteiger partial charge on any atom is 0.293 e. The van der Waals surface area contributed by atoms with Crippen LogP contribution in [0.5, 0.6) is 0 Å². The van der Waals surface area contributed by atoms with E-state index in [9.17, 15) is 9.59 Å². The van der Waals surface area contributed by atoms with Gasteiger partial charge in [-0.1, -0.05) is 12.1 Å². The number of para-hydroxylation sites is 2. The lowest BCUT2D eigenvalue weighted by Gasteiger charge is -2.32. The molecule has 2 aromatic heterocycles. The number of aromatic nitrogens is 2. The molecule has 158 valence electrons. The largest absolute Gasteiger partial charge is 0.469 e. The summed E-state index contributed by atoms with van der Waals surface area (Å²) < 4.78 is 7.13. The lowest BCUT2D eigenvalue weighted by molar-refractivity contribution is -0.126. The number of carbonyl (C=O) groups is 1. The molecule has 30 heavy (non-hydrogen) atoms. The molecule has 4 rings (SSSR count). The van der Waals surface area contributed by atoms with E-state index in [4.69, 9.17) is 4.42 Å². The number of piperidine rings is 1. The summed E-state index contributed by atoms with van der Waals surface area (Å²) in [5.41, 5.74) is 1.61. The summed E-state index contributed by atoms with van der Waals surface area (Å²) in [7, 11) is 0. The molecule has 1 aromatic carbocycles. The number of aryl methyl sites for hydroxylation is 1. The Morgan fingerprint density at radius 2 is 2.00 bits per heavy atom. The van der Waals surface area contributed by atoms with Crippen molar-refractivity contribution in [2.45, 2.75) is 45.7 Å². The average molecular weight is 409 g/mol. The third-order valence-corrected chi connectivity index (χ3v) is 5.79. The Hall–Kier alpha value is -3.09. The van der Waals surface area contributed by atoms with E-state index < -0.39 is 0 Å². The summed E-state index contributed by atoms with van der Waals surface area (Å²) in [6, 6.07) is 11.5. The molecule has 1 aliphatic rings. The van der Waals surface area contributed by atoms with Gasteiger partial charge >= 0.3 is 0 Å². The van der Waals surface area contributed by atoms with E-state index in [1.807, 2.05) is 55.1 Å². The Labute approximate surface area is 175 Å². The highest BCUT2D eigenvalue weighted by molar-refractivity contribution is 5.79. The van der Waals surface area contributed by atoms with Crippen molar-refractivity contribution >= 4 is 22.8 Å². The zero-order chi connectivity index (χ0) is 21.1. The number of rotatable bonds is 6. The Morgan fingerprint density at radius 3 is 2.70 bits per heavy atom. The van der Waals surface area contributed by atoms with Gasteiger partial charge in [-0.2, -0.15) is 0 Å². The lowest BCUT2D eigenvalue weighted by Crippen LogP contribution is -2.45. The van der Waals surface area contributed by atoms with Crippen LogP contribution in [0.25, 0.3) is 11.0 Å². The molecule has 1 saturated heterocycles. The summed E-state index contributed by atoms with van der Waals surface area (Å²) in [6.45, 7) is 5.85. The third kappa shape index (κ3) is 4.10. The predicted octanol–water partition coefficient (Wildman–Crippen LogP) is 2.97. The smallest absolute Gasteiger partial charge is 0.293 e. The van der Waals surface area contributed by atoms with Crippen molar-refractivity contribution in [2.24, 2.45) is 5.92 Å². The number of fused-ring (bicyclic) bond motifs is 1. The fraction of sp³-hybridized carbons (Fsp3) is 0.435. The van der Waals surface area contributed by atoms with Gasteiger partial charge < -0.3 is 19.2 Å². The van der Waals surface area contributed by atoms with Crippen LogP contribution in [0.4, 0.5) is 5.82 Å². The Kier molecular flexibility index (Phi) is 5.88. The zero-order valence-corrected chi connectivity index (χ0v) is 17.5. The van der Waals surface area contributed by atoms with Gasteiger partial charge in [0.15, 0.2) is 5.82 Å². The number of carbonyl (C=O) groups excluding carboxylic acids is 1. The van der Waals surface area contributed by atoms with Crippen LogP contribution in [0, 0.1) is 5.92 Å². The molecule has 0 aliphatic carbocycles. The Bertz CT molecular complexity index is 1070. The van der Waals surface area contributed by atoms with Crippen LogP contribution in [0.2, 0.25) is 0 Å². The van der Waals surface area contributed by atoms with Crippen LogP contribution in [-0.2, 0) is 17.8 Å². The molecule has 3 aromatic rings. The third-order valence-electron chi connectivity index (χ3n) is 5.79. The minimum absolute atomic E-state index is 0.0144. The van der Waals surface area contributed by atoms with Crippen molar-refractivity contribution in [3.05, 3.63) is 58.8 Å². The molecule has 0 saturated carbocycles. The molecule has 1 aliphatic heterocycles. The molecular formula is C23H28N4O3. The van der Waals surface area contributed by atoms with Crippen LogP contribution in [0.1, 0.15) is 32.4 Å². The van der Waals surface area contributed by atoms with Gasteiger partial charge in [0.1, 0.15) is 5.76 Å². The Morgan fingerprint density at radius 1 is 1.23 bits per heavy atom. The summed E-state index contributed by atoms with van der Waals surface area (Å²) >= 11 is 0. The SMILES string of the molecule is CCn1c(=O)c(N2CCC(C(=O)NC(C)Cc3ccco3)CC2)nc2ccccc21. The van der Waals surface area contributed by atoms with Crippen molar-refractivity contribution in [3.63, 3.8) is 0 Å². The molecule has 1 unspecified atom stereocenters. The van der Waals surface area contributed by atoms with Crippen LogP contribution in [0.15, 0.2) is 51.9 Å². The quantitative estimate of drug-likeness (QED) is 0.678. The highest BCUT2D eigenvalue weighted by Gasteiger charge is 2.28. The standard InChI is InChI=1S/C23H28N4O3/c1-3-27-20-9-5-4-8-19(20)25-21(23(27)29)26-12-10-17(11-13-26)22(28)24-16(2)15-18-7-6-14-30-18/h4-9,14,16-17H,3,10-13,15H2,1-2H3,(H,24,28). The molecule has 7 heteroatoms. The second-order valence-electron chi connectivity index (χ2n) is 7.93. The fourth-order valence-electron chi connectivity index (χ4n) is 4.19. The van der Waals surface area contributed by atoms with Gasteiger partial charge in [-0.15, -0.1) is 0 Å². The van der Waals surface area contributed by atoms with E-state index in [2.05, 4.69) is 10.3 Å². The van der Waals surface area contributed by atoms with E-state index in [1.165, 1.54) is 0 Å². The Balaban J connectivity index is 1.41. The maximum absolute atomic E-state index is 13.0. The number of anilines is 1. The van der Waals surface area contributed by atoms with Crippen molar-refractivity contribution in [1.82, 2.24) is 14.9 Å². The van der Waals surface area contributed by atoms with Gasteiger partial charge in [-0.3, -0.25) is 9.59 Å². The van der Waals surface area contributed by atoms with Gasteiger partial charge in [0.05, 0.1) is 17.3 Å². The van der Waals surface area contributed by atoms with Crippen LogP contribution in [0.3, 0.4) is 0 Å². The van der Waals surface area contributed by atoms with Crippen LogP contribution >= 0.6 is 0 Å². The summed E-state index contributed by atoms with van der Waals surface area (Å²) in [6.07, 6.45) is 3.74. The molecule has 1 fully saturated rings. The number of amides is 1. The second kappa shape index (κ2) is 8.73. The number of benzene rings is 1. The first-order chi connectivity index (χ1) is 14.6. The molecule has 0 radical (unpaired) electrons. The normalized spacial score (nSPS) is 16.0. The van der Waals surface area contributed by atoms with Gasteiger partial charge in [0.25, 0.3) is 5.56 Å². The lowest BCUT2D eigenvalue weighted by atomic mass is 9.95. The fourth-order valence-corrected chi connectivity index (χ4v) is 4.19. The van der Waals surface area contributed by atoms with Gasteiger partial charge in [-0.25, -0.2) is 4.98 Å². The number of hydrogen-bond acceptors (Lipinski definition) is 5. The van der Waals surface area contributed by atoms with Gasteiger partial charge in [0.2, 0.25) is 5.91 Å². The number of nitrogens with one attached hydrogen (secondary N) is 1. The number of nitrogens with zero attached hydrogens (tertiary/aromatic N) is 3. The van der Waals surface area contributed by atoms with Crippen molar-refractivity contribution in [3.8, 4) is 0 Å². The topological polar surface area (TPSA) is 80.4 Å². The molecule has 1 atom stereocenters. The van der Waals surface area contributed by atoms with Crippen molar-refractivity contribution in [2.75, 3.05) is 18.0 Å². The van der Waals surface area contributed by atoms with Crippen molar-refractivity contribution in [1.29, 1.82) is 0 Å². The minimum Gasteiger partial charge on any atom is -0.469 e. The van der Waals surface area contributed by atoms with E-state index in [0.29, 0.717) is 44.7 Å². The monoisotopic (exact) mass is 408 g/mol. The molecule has 1 N–H and O–H groups in total. The summed E-state index contributed by atoms with van der Waals surface area (Å²) in [4.78, 5) is 32.4. The van der Waals surface area contributed by atoms with Crippen LogP contribution in [-0.4, -0.2) is 34.6 Å². The number of furan rings is 1. The van der Waals surface area contributed by atoms with Gasteiger partial charge in [0, 0.05) is 38.0 Å². The molecule has 1 amide bonds. The highest BCUT2D eigenvalue weighted by Crippen LogP contribution is 2.22. The minimum atomic E-state index is -0.0637. The van der Waals surface area contributed by atoms with Gasteiger partial charge in [-0.05, 0) is 51.0 Å². The zero-order valence-electron chi connectivity index (χ0n) is 17.5. The van der Waals surface area contributed by atoms with E-state index in [1.54, 1.807) is 10.8 Å². The average Bonchev–Trinajstić information content (AvgIpc) is 3.26. The highest BCUT2D eigenvalue weighted by atomic mass is 16.3. The maximum atomic E-state index is 13.0. The first-order valence-corrected chi connectivity index (χ1v) is 10.6. The molecule has 0 bridgehead atoms. The van der Waals surface area contributed by atoms with E-state index >= 15 is 0 Å². The van der Waals surface area contributed by atoms with Crippen molar-refractivity contribution < 1.29 is 9.21 Å². The van der Waals surface area contributed by atoms with Crippen LogP contribution < -0.4 is 15.8 Å². The molecule has 0 spiro atoms. The molecular weight excluding hydrogens is 380 g/mol. The predicted molar refractivity (Wildman–Crippen MR) is 117 cm³/mol. The summed E-state index contributed by atoms with van der Waals surface area (Å²) in [5, 5.41) is 3.10. The molecule has 3 heterocycles. The number of hydrogen-bond donors (Lipinski definition) is 1.